The largest absolute Gasteiger partial charge is 0.378 e. The van der Waals surface area contributed by atoms with Crippen molar-refractivity contribution in [2.75, 3.05) is 49.6 Å². The number of anilines is 2. The number of aromatic nitrogens is 4. The van der Waals surface area contributed by atoms with Crippen molar-refractivity contribution in [3.05, 3.63) is 36.2 Å². The van der Waals surface area contributed by atoms with Crippen LogP contribution in [-0.2, 0) is 14.3 Å². The average molecular weight is 543 g/mol. The molecule has 2 amide bonds. The molecule has 13 heteroatoms. The highest BCUT2D eigenvalue weighted by atomic mass is 19.3. The van der Waals surface area contributed by atoms with Crippen molar-refractivity contribution in [3.8, 4) is 5.82 Å². The summed E-state index contributed by atoms with van der Waals surface area (Å²) >= 11 is 0. The van der Waals surface area contributed by atoms with Gasteiger partial charge < -0.3 is 25.2 Å². The maximum absolute atomic E-state index is 14.1. The highest BCUT2D eigenvalue weighted by molar-refractivity contribution is 5.84. The number of hydrogen-bond donors (Lipinski definition) is 2. The molecule has 0 spiro atoms. The minimum absolute atomic E-state index is 0.0555. The fourth-order valence-electron chi connectivity index (χ4n) is 5.05. The van der Waals surface area contributed by atoms with E-state index in [0.717, 1.165) is 0 Å². The third-order valence-electron chi connectivity index (χ3n) is 6.98. The molecule has 11 nitrogen and oxygen atoms in total. The number of hydrogen-bond acceptors (Lipinski definition) is 8. The van der Waals surface area contributed by atoms with E-state index in [1.54, 1.807) is 42.2 Å². The Balaban J connectivity index is 1.44. The molecular formula is C26H32F2N8O3. The number of fused-ring (bicyclic) bond motifs is 1. The van der Waals surface area contributed by atoms with Gasteiger partial charge in [0.05, 0.1) is 24.2 Å². The Morgan fingerprint density at radius 3 is 2.41 bits per heavy atom. The molecule has 1 aromatic carbocycles. The van der Waals surface area contributed by atoms with Gasteiger partial charge in [0, 0.05) is 45.2 Å². The van der Waals surface area contributed by atoms with E-state index in [4.69, 9.17) is 4.74 Å². The van der Waals surface area contributed by atoms with Gasteiger partial charge >= 0.3 is 0 Å². The van der Waals surface area contributed by atoms with Gasteiger partial charge in [-0.1, -0.05) is 12.1 Å². The zero-order valence-electron chi connectivity index (χ0n) is 21.9. The van der Waals surface area contributed by atoms with Crippen molar-refractivity contribution >= 4 is 34.6 Å². The molecule has 2 fully saturated rings. The molecule has 0 radical (unpaired) electrons. The lowest BCUT2D eigenvalue weighted by molar-refractivity contribution is -0.132. The highest BCUT2D eigenvalue weighted by Gasteiger charge is 2.28. The van der Waals surface area contributed by atoms with Crippen molar-refractivity contribution in [2.24, 2.45) is 0 Å². The van der Waals surface area contributed by atoms with Crippen LogP contribution < -0.4 is 15.5 Å². The number of amides is 2. The van der Waals surface area contributed by atoms with Crippen LogP contribution in [0, 0.1) is 0 Å². The summed E-state index contributed by atoms with van der Waals surface area (Å²) in [6.07, 6.45) is -1.47. The van der Waals surface area contributed by atoms with Crippen LogP contribution >= 0.6 is 0 Å². The number of likely N-dealkylation sites (tertiary alicyclic amines) is 1. The third kappa shape index (κ3) is 5.92. The molecule has 2 N–H and O–H groups in total. The molecule has 2 aromatic heterocycles. The van der Waals surface area contributed by atoms with Gasteiger partial charge in [0.2, 0.25) is 17.8 Å². The molecule has 0 aliphatic carbocycles. The molecule has 2 saturated heterocycles. The Morgan fingerprint density at radius 2 is 1.72 bits per heavy atom. The lowest BCUT2D eigenvalue weighted by Gasteiger charge is -2.34. The molecule has 39 heavy (non-hydrogen) atoms. The SMILES string of the molecule is CC(=O)NC1CCN(C(=O)[C@H](C)Nc2nc(N3CCOCC3)cc(-n3c(C(F)F)nc4ccccc43)n2)CC1. The molecule has 2 aliphatic heterocycles. The summed E-state index contributed by atoms with van der Waals surface area (Å²) in [5.41, 5.74) is 0.927. The number of alkyl halides is 2. The summed E-state index contributed by atoms with van der Waals surface area (Å²) in [6.45, 7) is 6.45. The minimum atomic E-state index is -2.82. The van der Waals surface area contributed by atoms with Gasteiger partial charge in [-0.3, -0.25) is 14.2 Å². The van der Waals surface area contributed by atoms with Crippen molar-refractivity contribution in [1.29, 1.82) is 0 Å². The number of benzene rings is 1. The fourth-order valence-corrected chi connectivity index (χ4v) is 5.05. The zero-order valence-corrected chi connectivity index (χ0v) is 21.9. The van der Waals surface area contributed by atoms with Crippen molar-refractivity contribution in [3.63, 3.8) is 0 Å². The summed E-state index contributed by atoms with van der Waals surface area (Å²) in [5.74, 6) is 0.303. The standard InChI is InChI=1S/C26H32F2N8O3/c1-16(25(38)35-9-7-18(8-10-35)30-17(2)37)29-26-32-21(34-11-13-39-14-12-34)15-22(33-26)36-20-6-4-3-5-19(20)31-24(36)23(27)28/h3-6,15-16,18,23H,7-14H2,1-2H3,(H,30,37)(H,29,32,33)/t16-/m0/s1. The summed E-state index contributed by atoms with van der Waals surface area (Å²) in [7, 11) is 0. The van der Waals surface area contributed by atoms with Gasteiger partial charge in [-0.25, -0.2) is 13.8 Å². The topological polar surface area (TPSA) is 118 Å². The monoisotopic (exact) mass is 542 g/mol. The first kappa shape index (κ1) is 26.7. The second kappa shape index (κ2) is 11.5. The van der Waals surface area contributed by atoms with Crippen LogP contribution in [0.5, 0.6) is 0 Å². The van der Waals surface area contributed by atoms with Crippen LogP contribution in [-0.4, -0.2) is 87.7 Å². The smallest absolute Gasteiger partial charge is 0.296 e. The first-order valence-corrected chi connectivity index (χ1v) is 13.1. The zero-order chi connectivity index (χ0) is 27.5. The summed E-state index contributed by atoms with van der Waals surface area (Å²) in [6, 6.07) is 7.95. The predicted octanol–water partition coefficient (Wildman–Crippen LogP) is 2.52. The second-order valence-electron chi connectivity index (χ2n) is 9.77. The van der Waals surface area contributed by atoms with Crippen LogP contribution in [0.2, 0.25) is 0 Å². The van der Waals surface area contributed by atoms with E-state index >= 15 is 0 Å². The summed E-state index contributed by atoms with van der Waals surface area (Å²) < 4.78 is 35.0. The molecule has 208 valence electrons. The summed E-state index contributed by atoms with van der Waals surface area (Å²) in [5, 5.41) is 6.00. The van der Waals surface area contributed by atoms with E-state index in [1.807, 2.05) is 4.90 Å². The maximum atomic E-state index is 14.1. The van der Waals surface area contributed by atoms with E-state index in [0.29, 0.717) is 69.1 Å². The minimum Gasteiger partial charge on any atom is -0.378 e. The summed E-state index contributed by atoms with van der Waals surface area (Å²) in [4.78, 5) is 41.7. The molecule has 1 atom stereocenters. The molecule has 2 aliphatic rings. The lowest BCUT2D eigenvalue weighted by atomic mass is 10.0. The molecule has 4 heterocycles. The molecule has 3 aromatic rings. The van der Waals surface area contributed by atoms with Gasteiger partial charge in [0.15, 0.2) is 5.82 Å². The van der Waals surface area contributed by atoms with E-state index in [2.05, 4.69) is 25.6 Å². The number of morpholine rings is 1. The molecule has 0 bridgehead atoms. The number of carbonyl (C=O) groups excluding carboxylic acids is 2. The predicted molar refractivity (Wildman–Crippen MR) is 141 cm³/mol. The maximum Gasteiger partial charge on any atom is 0.296 e. The molecule has 0 unspecified atom stereocenters. The number of imidazole rings is 1. The molecule has 5 rings (SSSR count). The highest BCUT2D eigenvalue weighted by Crippen LogP contribution is 2.29. The van der Waals surface area contributed by atoms with Gasteiger partial charge in [-0.15, -0.1) is 0 Å². The van der Waals surface area contributed by atoms with Crippen LogP contribution in [0.15, 0.2) is 30.3 Å². The number of nitrogens with one attached hydrogen (secondary N) is 2. The van der Waals surface area contributed by atoms with Crippen molar-refractivity contribution in [2.45, 2.75) is 45.2 Å². The van der Waals surface area contributed by atoms with Crippen molar-refractivity contribution in [1.82, 2.24) is 29.7 Å². The number of ether oxygens (including phenoxy) is 1. The second-order valence-corrected chi connectivity index (χ2v) is 9.77. The number of para-hydroxylation sites is 2. The Hall–Kier alpha value is -3.87. The van der Waals surface area contributed by atoms with Gasteiger partial charge in [0.25, 0.3) is 6.43 Å². The van der Waals surface area contributed by atoms with E-state index in [1.165, 1.54) is 11.5 Å². The van der Waals surface area contributed by atoms with Gasteiger partial charge in [0.1, 0.15) is 17.7 Å². The van der Waals surface area contributed by atoms with Gasteiger partial charge in [-0.05, 0) is 31.9 Å². The average Bonchev–Trinajstić information content (AvgIpc) is 3.33. The third-order valence-corrected chi connectivity index (χ3v) is 6.98. The number of halogens is 2. The normalized spacial score (nSPS) is 17.5. The Morgan fingerprint density at radius 1 is 1.03 bits per heavy atom. The number of nitrogens with zero attached hydrogens (tertiary/aromatic N) is 6. The van der Waals surface area contributed by atoms with E-state index in [9.17, 15) is 18.4 Å². The number of rotatable bonds is 7. The van der Waals surface area contributed by atoms with Crippen LogP contribution in [0.1, 0.15) is 38.9 Å². The fraction of sp³-hybridized carbons (Fsp3) is 0.500. The Labute approximate surface area is 224 Å². The van der Waals surface area contributed by atoms with E-state index in [-0.39, 0.29) is 29.6 Å². The number of piperidine rings is 1. The molecule has 0 saturated carbocycles. The first-order chi connectivity index (χ1) is 18.8. The molecular weight excluding hydrogens is 510 g/mol. The lowest BCUT2D eigenvalue weighted by Crippen LogP contribution is -2.49. The number of carbonyl (C=O) groups is 2. The van der Waals surface area contributed by atoms with Crippen LogP contribution in [0.4, 0.5) is 20.5 Å². The van der Waals surface area contributed by atoms with Crippen LogP contribution in [0.25, 0.3) is 16.9 Å². The van der Waals surface area contributed by atoms with Crippen molar-refractivity contribution < 1.29 is 23.1 Å². The van der Waals surface area contributed by atoms with Crippen LogP contribution in [0.3, 0.4) is 0 Å². The Kier molecular flexibility index (Phi) is 7.87. The van der Waals surface area contributed by atoms with Gasteiger partial charge in [-0.2, -0.15) is 9.97 Å². The quantitative estimate of drug-likeness (QED) is 0.468. The first-order valence-electron chi connectivity index (χ1n) is 13.1. The Bertz CT molecular complexity index is 1340. The van der Waals surface area contributed by atoms with E-state index < -0.39 is 18.3 Å².